The number of carbonyl (C=O) groups is 3. The van der Waals surface area contributed by atoms with Crippen molar-refractivity contribution in [2.45, 2.75) is 52.4 Å². The van der Waals surface area contributed by atoms with E-state index in [9.17, 15) is 14.4 Å². The van der Waals surface area contributed by atoms with E-state index in [1.54, 1.807) is 36.4 Å². The number of carbonyl (C=O) groups excluding carboxylic acids is 3. The first-order chi connectivity index (χ1) is 15.0. The first-order valence-corrected chi connectivity index (χ1v) is 10.8. The summed E-state index contributed by atoms with van der Waals surface area (Å²) in [4.78, 5) is 36.0. The average molecular weight is 426 g/mol. The van der Waals surface area contributed by atoms with Crippen molar-refractivity contribution in [3.05, 3.63) is 59.7 Å². The zero-order valence-corrected chi connectivity index (χ0v) is 18.3. The summed E-state index contributed by atoms with van der Waals surface area (Å²) < 4.78 is 10.6. The average Bonchev–Trinajstić information content (AvgIpc) is 2.80. The maximum absolute atomic E-state index is 12.3. The molecular weight excluding hydrogens is 394 g/mol. The van der Waals surface area contributed by atoms with Gasteiger partial charge in [-0.2, -0.15) is 0 Å². The van der Waals surface area contributed by atoms with Gasteiger partial charge in [0, 0.05) is 17.7 Å². The molecule has 0 saturated heterocycles. The highest BCUT2D eigenvalue weighted by molar-refractivity contribution is 5.98. The molecule has 0 fully saturated rings. The van der Waals surface area contributed by atoms with E-state index in [0.29, 0.717) is 17.9 Å². The number of hydrogen-bond acceptors (Lipinski definition) is 5. The van der Waals surface area contributed by atoms with Crippen molar-refractivity contribution in [2.24, 2.45) is 0 Å². The molecule has 0 spiro atoms. The van der Waals surface area contributed by atoms with Gasteiger partial charge in [-0.25, -0.2) is 0 Å². The second-order valence-corrected chi connectivity index (χ2v) is 7.26. The number of esters is 1. The van der Waals surface area contributed by atoms with Crippen LogP contribution in [0.4, 0.5) is 5.69 Å². The zero-order chi connectivity index (χ0) is 22.5. The summed E-state index contributed by atoms with van der Waals surface area (Å²) in [6, 6.07) is 14.4. The Bertz CT molecular complexity index is 843. The molecule has 0 heterocycles. The molecule has 0 atom stereocenters. The summed E-state index contributed by atoms with van der Waals surface area (Å²) in [5.74, 6) is -0.434. The first kappa shape index (κ1) is 24.1. The fourth-order valence-corrected chi connectivity index (χ4v) is 2.88. The van der Waals surface area contributed by atoms with Gasteiger partial charge < -0.3 is 14.8 Å². The van der Waals surface area contributed by atoms with Gasteiger partial charge in [-0.1, -0.05) is 38.8 Å². The number of Topliss-reactive ketones (excluding diaryl/α,β-unsaturated/α-hetero) is 1. The fourth-order valence-electron chi connectivity index (χ4n) is 2.88. The van der Waals surface area contributed by atoms with Crippen LogP contribution in [0.2, 0.25) is 0 Å². The van der Waals surface area contributed by atoms with Crippen molar-refractivity contribution in [1.29, 1.82) is 0 Å². The van der Waals surface area contributed by atoms with Crippen LogP contribution in [0, 0.1) is 0 Å². The minimum absolute atomic E-state index is 0.0234. The van der Waals surface area contributed by atoms with Crippen LogP contribution < -0.4 is 10.1 Å². The smallest absolute Gasteiger partial charge is 0.306 e. The van der Waals surface area contributed by atoms with E-state index in [-0.39, 0.29) is 25.2 Å². The van der Waals surface area contributed by atoms with Crippen LogP contribution in [0.15, 0.2) is 48.5 Å². The molecule has 0 aromatic heterocycles. The highest BCUT2D eigenvalue weighted by atomic mass is 16.5. The molecule has 0 bridgehead atoms. The molecule has 1 amide bonds. The van der Waals surface area contributed by atoms with Gasteiger partial charge in [0.2, 0.25) is 0 Å². The van der Waals surface area contributed by atoms with Gasteiger partial charge in [0.1, 0.15) is 5.75 Å². The Morgan fingerprint density at radius 3 is 2.23 bits per heavy atom. The molecule has 1 N–H and O–H groups in total. The molecule has 0 radical (unpaired) electrons. The largest absolute Gasteiger partial charge is 0.494 e. The summed E-state index contributed by atoms with van der Waals surface area (Å²) >= 11 is 0. The van der Waals surface area contributed by atoms with E-state index < -0.39 is 11.9 Å². The van der Waals surface area contributed by atoms with Gasteiger partial charge in [0.25, 0.3) is 5.91 Å². The predicted octanol–water partition coefficient (Wildman–Crippen LogP) is 4.96. The molecule has 31 heavy (non-hydrogen) atoms. The molecule has 0 saturated carbocycles. The number of benzene rings is 2. The topological polar surface area (TPSA) is 81.7 Å². The predicted molar refractivity (Wildman–Crippen MR) is 120 cm³/mol. The quantitative estimate of drug-likeness (QED) is 0.279. The van der Waals surface area contributed by atoms with E-state index in [2.05, 4.69) is 19.2 Å². The monoisotopic (exact) mass is 425 g/mol. The number of ketones is 1. The van der Waals surface area contributed by atoms with Crippen molar-refractivity contribution in [3.63, 3.8) is 0 Å². The minimum atomic E-state index is -0.583. The van der Waals surface area contributed by atoms with E-state index >= 15 is 0 Å². The van der Waals surface area contributed by atoms with Gasteiger partial charge in [0.05, 0.1) is 13.0 Å². The fraction of sp³-hybridized carbons (Fsp3) is 0.400. The van der Waals surface area contributed by atoms with Crippen molar-refractivity contribution in [1.82, 2.24) is 0 Å². The van der Waals surface area contributed by atoms with E-state index in [1.165, 1.54) is 5.56 Å². The lowest BCUT2D eigenvalue weighted by Gasteiger charge is -2.08. The first-order valence-electron chi connectivity index (χ1n) is 10.8. The van der Waals surface area contributed by atoms with Crippen LogP contribution in [-0.4, -0.2) is 30.9 Å². The molecule has 0 aliphatic heterocycles. The molecule has 2 aromatic carbocycles. The minimum Gasteiger partial charge on any atom is -0.494 e. The number of unbranched alkanes of at least 4 members (excludes halogenated alkanes) is 2. The standard InChI is InChI=1S/C25H31NO5/c1-3-5-6-17-30-22-13-9-20(10-14-22)23(27)15-16-25(29)31-18-24(28)26-21-11-7-19(4-2)8-12-21/h7-14H,3-6,15-18H2,1-2H3,(H,26,28). The van der Waals surface area contributed by atoms with E-state index in [4.69, 9.17) is 9.47 Å². The van der Waals surface area contributed by atoms with Gasteiger partial charge >= 0.3 is 5.97 Å². The number of hydrogen-bond donors (Lipinski definition) is 1. The summed E-state index contributed by atoms with van der Waals surface area (Å²) in [6.07, 6.45) is 4.13. The van der Waals surface area contributed by atoms with Crippen molar-refractivity contribution < 1.29 is 23.9 Å². The SMILES string of the molecule is CCCCCOc1ccc(C(=O)CCC(=O)OCC(=O)Nc2ccc(CC)cc2)cc1. The summed E-state index contributed by atoms with van der Waals surface area (Å²) in [7, 11) is 0. The summed E-state index contributed by atoms with van der Waals surface area (Å²) in [6.45, 7) is 4.46. The third-order valence-electron chi connectivity index (χ3n) is 4.76. The van der Waals surface area contributed by atoms with Gasteiger partial charge in [-0.3, -0.25) is 14.4 Å². The number of ether oxygens (including phenoxy) is 2. The Morgan fingerprint density at radius 1 is 0.871 bits per heavy atom. The number of amides is 1. The summed E-state index contributed by atoms with van der Waals surface area (Å²) in [5.41, 5.74) is 2.33. The second kappa shape index (κ2) is 13.2. The molecule has 2 aromatic rings. The van der Waals surface area contributed by atoms with Crippen LogP contribution in [0.1, 0.15) is 61.9 Å². The lowest BCUT2D eigenvalue weighted by Crippen LogP contribution is -2.21. The van der Waals surface area contributed by atoms with Crippen LogP contribution in [-0.2, 0) is 20.7 Å². The van der Waals surface area contributed by atoms with Gasteiger partial charge in [-0.15, -0.1) is 0 Å². The number of aryl methyl sites for hydroxylation is 1. The molecule has 0 unspecified atom stereocenters. The molecule has 166 valence electrons. The Morgan fingerprint density at radius 2 is 1.58 bits per heavy atom. The van der Waals surface area contributed by atoms with E-state index in [1.807, 2.05) is 12.1 Å². The maximum atomic E-state index is 12.3. The molecule has 0 aliphatic rings. The molecule has 6 heteroatoms. The van der Waals surface area contributed by atoms with Gasteiger partial charge in [-0.05, 0) is 54.8 Å². The van der Waals surface area contributed by atoms with Gasteiger partial charge in [0.15, 0.2) is 12.4 Å². The lowest BCUT2D eigenvalue weighted by molar-refractivity contribution is -0.147. The van der Waals surface area contributed by atoms with Crippen LogP contribution in [0.3, 0.4) is 0 Å². The molecular formula is C25H31NO5. The third-order valence-corrected chi connectivity index (χ3v) is 4.76. The molecule has 2 rings (SSSR count). The lowest BCUT2D eigenvalue weighted by atomic mass is 10.1. The normalized spacial score (nSPS) is 10.4. The van der Waals surface area contributed by atoms with Crippen LogP contribution in [0.25, 0.3) is 0 Å². The maximum Gasteiger partial charge on any atom is 0.306 e. The highest BCUT2D eigenvalue weighted by Crippen LogP contribution is 2.15. The number of nitrogens with one attached hydrogen (secondary N) is 1. The van der Waals surface area contributed by atoms with E-state index in [0.717, 1.165) is 31.4 Å². The highest BCUT2D eigenvalue weighted by Gasteiger charge is 2.12. The third kappa shape index (κ3) is 9.03. The molecule has 0 aliphatic carbocycles. The summed E-state index contributed by atoms with van der Waals surface area (Å²) in [5, 5.41) is 2.67. The Kier molecular flexibility index (Phi) is 10.3. The zero-order valence-electron chi connectivity index (χ0n) is 18.3. The second-order valence-electron chi connectivity index (χ2n) is 7.26. The van der Waals surface area contributed by atoms with Crippen LogP contribution >= 0.6 is 0 Å². The van der Waals surface area contributed by atoms with Crippen molar-refractivity contribution in [3.8, 4) is 5.75 Å². The number of rotatable bonds is 13. The Labute approximate surface area is 183 Å². The number of anilines is 1. The van der Waals surface area contributed by atoms with Crippen molar-refractivity contribution in [2.75, 3.05) is 18.5 Å². The molecule has 6 nitrogen and oxygen atoms in total. The van der Waals surface area contributed by atoms with Crippen LogP contribution in [0.5, 0.6) is 5.75 Å². The Hall–Kier alpha value is -3.15. The van der Waals surface area contributed by atoms with Crippen molar-refractivity contribution >= 4 is 23.3 Å². The Balaban J connectivity index is 1.67.